The highest BCUT2D eigenvalue weighted by Gasteiger charge is 2.28. The Kier molecular flexibility index (Phi) is 8.69. The quantitative estimate of drug-likeness (QED) is 0.222. The smallest absolute Gasteiger partial charge is 0.140 e. The number of nitrogens with zero attached hydrogens (tertiary/aromatic N) is 6. The van der Waals surface area contributed by atoms with Gasteiger partial charge in [-0.3, -0.25) is 14.2 Å². The van der Waals surface area contributed by atoms with Gasteiger partial charge in [0, 0.05) is 82.6 Å². The molecule has 0 atom stereocenters. The number of hydrogen-bond acceptors (Lipinski definition) is 10. The Balaban J connectivity index is 1.03. The third-order valence-electron chi connectivity index (χ3n) is 7.85. The Morgan fingerprint density at radius 1 is 1.07 bits per heavy atom. The number of ether oxygens (including phenoxy) is 2. The minimum atomic E-state index is 0.616. The van der Waals surface area contributed by atoms with E-state index in [2.05, 4.69) is 35.4 Å². The summed E-state index contributed by atoms with van der Waals surface area (Å²) in [5.74, 6) is 1.55. The van der Waals surface area contributed by atoms with Gasteiger partial charge in [-0.05, 0) is 17.2 Å². The van der Waals surface area contributed by atoms with E-state index in [1.807, 2.05) is 72.5 Å². The highest BCUT2D eigenvalue weighted by atomic mass is 16.5. The predicted octanol–water partition coefficient (Wildman–Crippen LogP) is 3.01. The fourth-order valence-electron chi connectivity index (χ4n) is 5.29. The number of aromatic nitrogens is 4. The molecule has 0 bridgehead atoms. The number of rotatable bonds is 12. The van der Waals surface area contributed by atoms with Crippen LogP contribution in [0.2, 0.25) is 0 Å². The van der Waals surface area contributed by atoms with Gasteiger partial charge >= 0.3 is 0 Å². The lowest BCUT2D eigenvalue weighted by atomic mass is 10.1. The molecular weight excluding hydrogens is 530 g/mol. The minimum absolute atomic E-state index is 0.616. The first-order valence-electron chi connectivity index (χ1n) is 14.4. The molecule has 42 heavy (non-hydrogen) atoms. The Morgan fingerprint density at radius 2 is 1.90 bits per heavy atom. The van der Waals surface area contributed by atoms with Crippen LogP contribution < -0.4 is 15.4 Å². The van der Waals surface area contributed by atoms with Crippen molar-refractivity contribution in [3.05, 3.63) is 78.5 Å². The lowest BCUT2D eigenvalue weighted by Crippen LogP contribution is -2.56. The first kappa shape index (κ1) is 27.8. The fourth-order valence-corrected chi connectivity index (χ4v) is 5.29. The van der Waals surface area contributed by atoms with Crippen molar-refractivity contribution in [1.29, 1.82) is 5.41 Å². The molecule has 5 heterocycles. The molecule has 2 aliphatic rings. The molecule has 0 unspecified atom stereocenters. The molecule has 0 aliphatic carbocycles. The number of benzene rings is 1. The van der Waals surface area contributed by atoms with Gasteiger partial charge in [0.2, 0.25) is 0 Å². The monoisotopic (exact) mass is 567 g/mol. The number of fused-ring (bicyclic) bond motifs is 1. The van der Waals surface area contributed by atoms with Crippen LogP contribution in [0.15, 0.2) is 67.4 Å². The molecule has 0 saturated carbocycles. The molecule has 2 fully saturated rings. The van der Waals surface area contributed by atoms with Crippen LogP contribution in [0.25, 0.3) is 22.6 Å². The van der Waals surface area contributed by atoms with E-state index in [0.29, 0.717) is 19.2 Å². The average molecular weight is 568 g/mol. The summed E-state index contributed by atoms with van der Waals surface area (Å²) in [6, 6.07) is 14.6. The van der Waals surface area contributed by atoms with E-state index in [1.54, 1.807) is 6.33 Å². The maximum absolute atomic E-state index is 7.59. The second-order valence-corrected chi connectivity index (χ2v) is 10.5. The van der Waals surface area contributed by atoms with E-state index in [1.165, 1.54) is 6.21 Å². The lowest BCUT2D eigenvalue weighted by molar-refractivity contribution is -0.0772. The first-order valence-corrected chi connectivity index (χ1v) is 14.4. The molecule has 6 rings (SSSR count). The molecule has 218 valence electrons. The minimum Gasteiger partial charge on any atom is -0.492 e. The molecule has 11 nitrogen and oxygen atoms in total. The van der Waals surface area contributed by atoms with Crippen LogP contribution >= 0.6 is 0 Å². The van der Waals surface area contributed by atoms with Crippen LogP contribution in [0.1, 0.15) is 11.1 Å². The van der Waals surface area contributed by atoms with Crippen molar-refractivity contribution in [3.8, 4) is 17.1 Å². The predicted molar refractivity (Wildman–Crippen MR) is 164 cm³/mol. The molecule has 0 spiro atoms. The summed E-state index contributed by atoms with van der Waals surface area (Å²) >= 11 is 0. The molecule has 3 N–H and O–H groups in total. The summed E-state index contributed by atoms with van der Waals surface area (Å²) < 4.78 is 13.4. The SMILES string of the molecule is CN/C=C(\C=N)c1ccc(CNc2cc(-c3cnc4cc(OCCN5CCN(C6COC6)CC5)ccn34)ncn2)cc1. The first-order chi connectivity index (χ1) is 20.7. The van der Waals surface area contributed by atoms with Crippen molar-refractivity contribution in [1.82, 2.24) is 34.5 Å². The van der Waals surface area contributed by atoms with Crippen molar-refractivity contribution in [2.24, 2.45) is 0 Å². The second kappa shape index (κ2) is 13.1. The van der Waals surface area contributed by atoms with E-state index in [4.69, 9.17) is 14.9 Å². The van der Waals surface area contributed by atoms with E-state index >= 15 is 0 Å². The largest absolute Gasteiger partial charge is 0.492 e. The number of pyridine rings is 1. The summed E-state index contributed by atoms with van der Waals surface area (Å²) in [7, 11) is 1.83. The maximum atomic E-state index is 7.59. The van der Waals surface area contributed by atoms with Crippen LogP contribution in [-0.4, -0.2) is 101 Å². The van der Waals surface area contributed by atoms with E-state index in [0.717, 1.165) is 91.2 Å². The molecule has 2 aliphatic heterocycles. The number of anilines is 1. The molecular formula is C31H37N9O2. The van der Waals surface area contributed by atoms with Gasteiger partial charge < -0.3 is 25.5 Å². The molecule has 0 amide bonds. The number of imidazole rings is 1. The molecule has 4 aromatic rings. The van der Waals surface area contributed by atoms with Gasteiger partial charge in [0.1, 0.15) is 30.1 Å². The standard InChI is InChI=1S/C31H37N9O2/c1-33-18-25(16-32)24-4-2-23(3-5-24)17-34-30-15-28(36-22-37-30)29-19-35-31-14-27(6-7-40(29)31)42-13-12-38-8-10-39(11-9-38)26-20-41-21-26/h2-7,14-16,18-19,22,26,32-33H,8-13,17,20-21H2,1H3,(H,34,36,37)/b25-18+,32-16?. The lowest BCUT2D eigenvalue weighted by Gasteiger charge is -2.42. The molecule has 3 aromatic heterocycles. The Bertz CT molecular complexity index is 1520. The van der Waals surface area contributed by atoms with Gasteiger partial charge in [-0.2, -0.15) is 0 Å². The zero-order chi connectivity index (χ0) is 28.7. The molecule has 1 aromatic carbocycles. The number of allylic oxidation sites excluding steroid dienone is 1. The van der Waals surface area contributed by atoms with Gasteiger partial charge in [-0.15, -0.1) is 0 Å². The van der Waals surface area contributed by atoms with E-state index in [-0.39, 0.29) is 0 Å². The van der Waals surface area contributed by atoms with Gasteiger partial charge in [0.05, 0.1) is 36.8 Å². The van der Waals surface area contributed by atoms with Crippen LogP contribution in [0.4, 0.5) is 5.82 Å². The van der Waals surface area contributed by atoms with Crippen LogP contribution in [0.3, 0.4) is 0 Å². The van der Waals surface area contributed by atoms with Crippen LogP contribution in [0.5, 0.6) is 5.75 Å². The summed E-state index contributed by atoms with van der Waals surface area (Å²) in [6.45, 7) is 8.31. The highest BCUT2D eigenvalue weighted by molar-refractivity contribution is 6.08. The third kappa shape index (κ3) is 6.43. The van der Waals surface area contributed by atoms with Crippen molar-refractivity contribution < 1.29 is 9.47 Å². The topological polar surface area (TPSA) is 116 Å². The normalized spacial score (nSPS) is 16.7. The Labute approximate surface area is 245 Å². The van der Waals surface area contributed by atoms with Gasteiger partial charge in [0.15, 0.2) is 0 Å². The molecule has 0 radical (unpaired) electrons. The van der Waals surface area contributed by atoms with E-state index in [9.17, 15) is 0 Å². The van der Waals surface area contributed by atoms with Crippen LogP contribution in [0, 0.1) is 5.41 Å². The van der Waals surface area contributed by atoms with Gasteiger partial charge in [0.25, 0.3) is 0 Å². The van der Waals surface area contributed by atoms with Gasteiger partial charge in [-0.1, -0.05) is 24.3 Å². The highest BCUT2D eigenvalue weighted by Crippen LogP contribution is 2.23. The number of piperazine rings is 1. The Hall–Kier alpha value is -4.32. The van der Waals surface area contributed by atoms with Crippen molar-refractivity contribution in [2.75, 3.05) is 64.9 Å². The molecule has 2 saturated heterocycles. The fraction of sp³-hybridized carbons (Fsp3) is 0.355. The summed E-state index contributed by atoms with van der Waals surface area (Å²) in [5, 5.41) is 14.0. The summed E-state index contributed by atoms with van der Waals surface area (Å²) in [6.07, 6.45) is 8.53. The third-order valence-corrected chi connectivity index (χ3v) is 7.85. The zero-order valence-corrected chi connectivity index (χ0v) is 23.9. The number of nitrogens with one attached hydrogen (secondary N) is 3. The zero-order valence-electron chi connectivity index (χ0n) is 23.9. The summed E-state index contributed by atoms with van der Waals surface area (Å²) in [5.41, 5.74) is 5.40. The average Bonchev–Trinajstić information content (AvgIpc) is 3.43. The Morgan fingerprint density at radius 3 is 2.64 bits per heavy atom. The second-order valence-electron chi connectivity index (χ2n) is 10.5. The van der Waals surface area contributed by atoms with Gasteiger partial charge in [-0.25, -0.2) is 15.0 Å². The summed E-state index contributed by atoms with van der Waals surface area (Å²) in [4.78, 5) is 18.5. The van der Waals surface area contributed by atoms with Crippen molar-refractivity contribution in [2.45, 2.75) is 12.6 Å². The van der Waals surface area contributed by atoms with E-state index < -0.39 is 0 Å². The van der Waals surface area contributed by atoms with Crippen molar-refractivity contribution >= 4 is 23.3 Å². The number of hydrogen-bond donors (Lipinski definition) is 3. The molecule has 11 heteroatoms. The van der Waals surface area contributed by atoms with Crippen LogP contribution in [-0.2, 0) is 11.3 Å². The van der Waals surface area contributed by atoms with Crippen molar-refractivity contribution in [3.63, 3.8) is 0 Å². The maximum Gasteiger partial charge on any atom is 0.140 e.